The molecule has 0 aromatic heterocycles. The molecule has 0 aliphatic carbocycles. The van der Waals surface area contributed by atoms with Gasteiger partial charge in [0.25, 0.3) is 0 Å². The van der Waals surface area contributed by atoms with Gasteiger partial charge in [-0.3, -0.25) is 9.59 Å². The minimum absolute atomic E-state index is 0.00390. The molecule has 2 saturated heterocycles. The van der Waals surface area contributed by atoms with Crippen LogP contribution >= 0.6 is 0 Å². The Morgan fingerprint density at radius 1 is 0.786 bits per heavy atom. The molecule has 0 aromatic carbocycles. The van der Waals surface area contributed by atoms with Crippen molar-refractivity contribution in [3.8, 4) is 0 Å². The Labute approximate surface area is 246 Å². The second kappa shape index (κ2) is 19.1. The molecule has 0 bridgehead atoms. The van der Waals surface area contributed by atoms with E-state index in [0.717, 1.165) is 12.8 Å². The molecule has 2 heterocycles. The lowest BCUT2D eigenvalue weighted by Crippen LogP contribution is -2.59. The summed E-state index contributed by atoms with van der Waals surface area (Å²) < 4.78 is 16.7. The molecule has 1 amide bonds. The molecule has 0 saturated carbocycles. The summed E-state index contributed by atoms with van der Waals surface area (Å²) in [5.41, 5.74) is 0. The molecule has 42 heavy (non-hydrogen) atoms. The maximum Gasteiger partial charge on any atom is 0.220 e. The average molecular weight is 610 g/mol. The van der Waals surface area contributed by atoms with E-state index in [2.05, 4.69) is 15.5 Å². The highest BCUT2D eigenvalue weighted by atomic mass is 16.7. The fourth-order valence-electron chi connectivity index (χ4n) is 5.07. The number of amides is 1. The quantitative estimate of drug-likeness (QED) is 0.0640. The van der Waals surface area contributed by atoms with E-state index in [4.69, 9.17) is 14.2 Å². The number of rotatable bonds is 19. The van der Waals surface area contributed by atoms with Crippen LogP contribution in [0.3, 0.4) is 0 Å². The van der Waals surface area contributed by atoms with Crippen LogP contribution in [0, 0.1) is 0 Å². The van der Waals surface area contributed by atoms with Gasteiger partial charge in [0.05, 0.1) is 38.5 Å². The van der Waals surface area contributed by atoms with E-state index in [-0.39, 0.29) is 31.4 Å². The van der Waals surface area contributed by atoms with Crippen LogP contribution in [-0.2, 0) is 23.8 Å². The van der Waals surface area contributed by atoms with Gasteiger partial charge >= 0.3 is 0 Å². The maximum atomic E-state index is 12.0. The molecular formula is C27H51N3O12. The number of unbranched alkanes of at least 4 members (excludes halogenated alkanes) is 2. The highest BCUT2D eigenvalue weighted by molar-refractivity contribution is 5.87. The highest BCUT2D eigenvalue weighted by Crippen LogP contribution is 2.24. The molecule has 15 nitrogen and oxygen atoms in total. The minimum atomic E-state index is -1.53. The zero-order valence-electron chi connectivity index (χ0n) is 24.6. The fraction of sp³-hybridized carbons (Fsp3) is 0.926. The van der Waals surface area contributed by atoms with E-state index in [1.54, 1.807) is 14.0 Å². The van der Waals surface area contributed by atoms with Gasteiger partial charge in [-0.2, -0.15) is 0 Å². The fourth-order valence-corrected chi connectivity index (χ4v) is 5.07. The summed E-state index contributed by atoms with van der Waals surface area (Å²) in [5.74, 6) is -0.282. The van der Waals surface area contributed by atoms with Crippen LogP contribution in [0.4, 0.5) is 0 Å². The number of aliphatic hydroxyl groups excluding tert-OH is 7. The van der Waals surface area contributed by atoms with E-state index in [9.17, 15) is 45.3 Å². The number of hydrogen-bond donors (Lipinski definition) is 9. The van der Waals surface area contributed by atoms with Gasteiger partial charge in [0.1, 0.15) is 42.7 Å². The Bertz CT molecular complexity index is 793. The predicted molar refractivity (Wildman–Crippen MR) is 148 cm³/mol. The molecule has 2 fully saturated rings. The van der Waals surface area contributed by atoms with Gasteiger partial charge in [-0.1, -0.05) is 6.42 Å². The first-order valence-electron chi connectivity index (χ1n) is 14.8. The van der Waals surface area contributed by atoms with Crippen LogP contribution in [0.15, 0.2) is 0 Å². The first-order chi connectivity index (χ1) is 20.0. The zero-order valence-corrected chi connectivity index (χ0v) is 24.6. The van der Waals surface area contributed by atoms with Gasteiger partial charge in [0.2, 0.25) is 5.91 Å². The molecule has 0 radical (unpaired) electrons. The summed E-state index contributed by atoms with van der Waals surface area (Å²) in [6.45, 7) is 3.01. The Morgan fingerprint density at radius 3 is 2.14 bits per heavy atom. The van der Waals surface area contributed by atoms with Crippen LogP contribution in [-0.4, -0.2) is 167 Å². The lowest BCUT2D eigenvalue weighted by Gasteiger charge is -2.40. The van der Waals surface area contributed by atoms with E-state index in [1.807, 2.05) is 0 Å². The molecule has 0 aromatic rings. The van der Waals surface area contributed by atoms with E-state index < -0.39 is 67.8 Å². The molecular weight excluding hydrogens is 558 g/mol. The molecule has 246 valence electrons. The normalized spacial score (nSPS) is 33.6. The van der Waals surface area contributed by atoms with Gasteiger partial charge < -0.3 is 65.5 Å². The number of hydrogen-bond acceptors (Lipinski definition) is 14. The standard InChI is InChI=1S/C27H51N3O12/c1-16-21(34)24(37)22(35)18(41-16)7-6-10-30(9-5-3-4-8-20(33)29-14-17(32)13-28-2)11-12-40-27-26(39)25(38)23(36)19(15-31)42-27/h16,18-19,21-28,31,34-39H,3-15H2,1-2H3,(H,29,33)/t16-,18-,19+,21+,22+,23+,24+,25-,26-,27-/m0/s1. The van der Waals surface area contributed by atoms with Crippen molar-refractivity contribution in [2.24, 2.45) is 0 Å². The highest BCUT2D eigenvalue weighted by Gasteiger charge is 2.44. The van der Waals surface area contributed by atoms with Crippen molar-refractivity contribution in [1.82, 2.24) is 15.5 Å². The molecule has 15 heteroatoms. The third-order valence-corrected chi connectivity index (χ3v) is 7.69. The van der Waals surface area contributed by atoms with Crippen molar-refractivity contribution in [2.45, 2.75) is 107 Å². The van der Waals surface area contributed by atoms with Gasteiger partial charge in [0, 0.05) is 13.0 Å². The van der Waals surface area contributed by atoms with Crippen LogP contribution in [0.25, 0.3) is 0 Å². The molecule has 2 aliphatic heterocycles. The van der Waals surface area contributed by atoms with E-state index >= 15 is 0 Å². The Balaban J connectivity index is 1.82. The number of ether oxygens (including phenoxy) is 3. The number of likely N-dealkylation sites (N-methyl/N-ethyl adjacent to an activating group) is 1. The second-order valence-corrected chi connectivity index (χ2v) is 11.1. The first kappa shape index (κ1) is 36.8. The topological polar surface area (TPSA) is 231 Å². The van der Waals surface area contributed by atoms with E-state index in [1.165, 1.54) is 0 Å². The first-order valence-corrected chi connectivity index (χ1v) is 14.8. The third kappa shape index (κ3) is 11.6. The van der Waals surface area contributed by atoms with E-state index in [0.29, 0.717) is 45.3 Å². The number of nitrogens with zero attached hydrogens (tertiary/aromatic N) is 1. The summed E-state index contributed by atoms with van der Waals surface area (Å²) in [7, 11) is 1.66. The van der Waals surface area contributed by atoms with Crippen molar-refractivity contribution in [3.63, 3.8) is 0 Å². The number of Topliss-reactive ketones (excluding diaryl/α,β-unsaturated/α-hetero) is 1. The van der Waals surface area contributed by atoms with Crippen molar-refractivity contribution in [3.05, 3.63) is 0 Å². The van der Waals surface area contributed by atoms with Gasteiger partial charge in [0.15, 0.2) is 12.1 Å². The van der Waals surface area contributed by atoms with Crippen LogP contribution in [0.2, 0.25) is 0 Å². The Hall–Kier alpha value is -1.34. The molecule has 9 N–H and O–H groups in total. The average Bonchev–Trinajstić information content (AvgIpc) is 2.97. The van der Waals surface area contributed by atoms with Gasteiger partial charge in [-0.15, -0.1) is 0 Å². The molecule has 0 spiro atoms. The largest absolute Gasteiger partial charge is 0.394 e. The molecule has 2 rings (SSSR count). The Kier molecular flexibility index (Phi) is 16.8. The van der Waals surface area contributed by atoms with Crippen molar-refractivity contribution < 1.29 is 59.5 Å². The number of carbonyl (C=O) groups is 2. The summed E-state index contributed by atoms with van der Waals surface area (Å²) in [4.78, 5) is 25.6. The van der Waals surface area contributed by atoms with Crippen LogP contribution < -0.4 is 10.6 Å². The van der Waals surface area contributed by atoms with Crippen molar-refractivity contribution in [2.75, 3.05) is 53.0 Å². The predicted octanol–water partition coefficient (Wildman–Crippen LogP) is -3.78. The summed E-state index contributed by atoms with van der Waals surface area (Å²) >= 11 is 0. The summed E-state index contributed by atoms with van der Waals surface area (Å²) in [6.07, 6.45) is -8.23. The van der Waals surface area contributed by atoms with Crippen LogP contribution in [0.1, 0.15) is 45.4 Å². The molecule has 10 atom stereocenters. The summed E-state index contributed by atoms with van der Waals surface area (Å²) in [5, 5.41) is 75.2. The van der Waals surface area contributed by atoms with Gasteiger partial charge in [-0.25, -0.2) is 0 Å². The lowest BCUT2D eigenvalue weighted by molar-refractivity contribution is -0.301. The van der Waals surface area contributed by atoms with Crippen LogP contribution in [0.5, 0.6) is 0 Å². The maximum absolute atomic E-state index is 12.0. The SMILES string of the molecule is CNCC(=O)CNC(=O)CCCCCN(CCC[C@@H]1O[C@@H](C)[C@@H](O)[C@@H](O)[C@@H]1O)CCO[C@H]1O[C@H](CO)[C@@H](O)[C@H](O)[C@@H]1O. The Morgan fingerprint density at radius 2 is 1.45 bits per heavy atom. The number of carbonyl (C=O) groups excluding carboxylic acids is 2. The monoisotopic (exact) mass is 609 g/mol. The number of aliphatic hydroxyl groups is 7. The second-order valence-electron chi connectivity index (χ2n) is 11.1. The number of ketones is 1. The zero-order chi connectivity index (χ0) is 31.2. The third-order valence-electron chi connectivity index (χ3n) is 7.69. The number of nitrogens with one attached hydrogen (secondary N) is 2. The molecule has 0 unspecified atom stereocenters. The smallest absolute Gasteiger partial charge is 0.220 e. The van der Waals surface area contributed by atoms with Gasteiger partial charge in [-0.05, 0) is 52.7 Å². The lowest BCUT2D eigenvalue weighted by atomic mass is 9.93. The summed E-state index contributed by atoms with van der Waals surface area (Å²) in [6, 6.07) is 0. The van der Waals surface area contributed by atoms with Crippen molar-refractivity contribution >= 4 is 11.7 Å². The van der Waals surface area contributed by atoms with Crippen molar-refractivity contribution in [1.29, 1.82) is 0 Å². The minimum Gasteiger partial charge on any atom is -0.394 e. The molecule has 2 aliphatic rings.